The minimum Gasteiger partial charge on any atom is -0.480 e. The van der Waals surface area contributed by atoms with Gasteiger partial charge in [0.25, 0.3) is 0 Å². The van der Waals surface area contributed by atoms with Crippen LogP contribution in [-0.2, 0) is 4.79 Å². The first-order chi connectivity index (χ1) is 6.74. The molecule has 1 aliphatic carbocycles. The largest absolute Gasteiger partial charge is 0.480 e. The molecule has 0 heterocycles. The zero-order valence-electron chi connectivity index (χ0n) is 8.87. The fourth-order valence-corrected chi connectivity index (χ4v) is 3.50. The molecule has 0 amide bonds. The van der Waals surface area contributed by atoms with Gasteiger partial charge in [-0.05, 0) is 19.3 Å². The molecular formula is C11H20O2S. The smallest absolute Gasteiger partial charge is 0.316 e. The molecule has 1 rings (SSSR count). The van der Waals surface area contributed by atoms with E-state index in [0.717, 1.165) is 12.8 Å². The topological polar surface area (TPSA) is 37.3 Å². The van der Waals surface area contributed by atoms with Gasteiger partial charge in [0, 0.05) is 5.25 Å². The molecule has 0 aromatic carbocycles. The Kier molecular flexibility index (Phi) is 5.38. The molecule has 1 aliphatic rings. The molecule has 1 fully saturated rings. The van der Waals surface area contributed by atoms with Crippen molar-refractivity contribution in [3.05, 3.63) is 0 Å². The maximum absolute atomic E-state index is 10.9. The molecule has 0 aromatic rings. The summed E-state index contributed by atoms with van der Waals surface area (Å²) in [6, 6.07) is 0. The lowest BCUT2D eigenvalue weighted by molar-refractivity contribution is -0.136. The fourth-order valence-electron chi connectivity index (χ4n) is 1.95. The van der Waals surface area contributed by atoms with Crippen LogP contribution in [0.1, 0.15) is 51.9 Å². The third-order valence-corrected chi connectivity index (χ3v) is 4.36. The van der Waals surface area contributed by atoms with Crippen molar-refractivity contribution in [1.29, 1.82) is 0 Å². The molecule has 0 saturated heterocycles. The van der Waals surface area contributed by atoms with E-state index in [1.54, 1.807) is 11.8 Å². The van der Waals surface area contributed by atoms with E-state index in [0.29, 0.717) is 5.25 Å². The molecule has 1 N–H and O–H groups in total. The quantitative estimate of drug-likeness (QED) is 0.766. The molecule has 14 heavy (non-hydrogen) atoms. The van der Waals surface area contributed by atoms with Gasteiger partial charge in [0.1, 0.15) is 5.25 Å². The minimum absolute atomic E-state index is 0.164. The summed E-state index contributed by atoms with van der Waals surface area (Å²) < 4.78 is 0. The maximum Gasteiger partial charge on any atom is 0.316 e. The van der Waals surface area contributed by atoms with Crippen LogP contribution < -0.4 is 0 Å². The number of rotatable bonds is 5. The van der Waals surface area contributed by atoms with Crippen LogP contribution in [0.5, 0.6) is 0 Å². The zero-order chi connectivity index (χ0) is 10.4. The zero-order valence-corrected chi connectivity index (χ0v) is 9.68. The highest BCUT2D eigenvalue weighted by atomic mass is 32.2. The van der Waals surface area contributed by atoms with Gasteiger partial charge in [0.05, 0.1) is 0 Å². The van der Waals surface area contributed by atoms with Crippen molar-refractivity contribution >= 4 is 17.7 Å². The molecule has 1 saturated carbocycles. The summed E-state index contributed by atoms with van der Waals surface area (Å²) in [6.45, 7) is 2.05. The van der Waals surface area contributed by atoms with Crippen molar-refractivity contribution in [3.63, 3.8) is 0 Å². The molecule has 0 spiro atoms. The molecule has 3 heteroatoms. The fraction of sp³-hybridized carbons (Fsp3) is 0.909. The number of aliphatic carboxylic acids is 1. The van der Waals surface area contributed by atoms with Crippen molar-refractivity contribution in [2.45, 2.75) is 62.4 Å². The van der Waals surface area contributed by atoms with Crippen molar-refractivity contribution in [2.75, 3.05) is 0 Å². The average molecular weight is 216 g/mol. The molecule has 2 nitrogen and oxygen atoms in total. The van der Waals surface area contributed by atoms with Crippen molar-refractivity contribution in [2.24, 2.45) is 0 Å². The third kappa shape index (κ3) is 3.91. The van der Waals surface area contributed by atoms with Crippen LogP contribution >= 0.6 is 11.8 Å². The lowest BCUT2D eigenvalue weighted by Gasteiger charge is -2.24. The second-order valence-electron chi connectivity index (χ2n) is 4.01. The summed E-state index contributed by atoms with van der Waals surface area (Å²) in [5, 5.41) is 9.46. The number of thioether (sulfide) groups is 1. The number of hydrogen-bond donors (Lipinski definition) is 1. The van der Waals surface area contributed by atoms with E-state index in [9.17, 15) is 4.79 Å². The lowest BCUT2D eigenvalue weighted by Crippen LogP contribution is -2.21. The molecule has 0 radical (unpaired) electrons. The first kappa shape index (κ1) is 11.9. The van der Waals surface area contributed by atoms with Gasteiger partial charge < -0.3 is 5.11 Å². The van der Waals surface area contributed by atoms with Gasteiger partial charge in [-0.15, -0.1) is 11.8 Å². The predicted octanol–water partition coefficient (Wildman–Crippen LogP) is 3.31. The van der Waals surface area contributed by atoms with Crippen LogP contribution in [0.25, 0.3) is 0 Å². The van der Waals surface area contributed by atoms with Crippen molar-refractivity contribution in [3.8, 4) is 0 Å². The summed E-state index contributed by atoms with van der Waals surface area (Å²) in [4.78, 5) is 10.9. The molecule has 1 unspecified atom stereocenters. The van der Waals surface area contributed by atoms with E-state index >= 15 is 0 Å². The molecule has 0 aliphatic heterocycles. The van der Waals surface area contributed by atoms with Crippen LogP contribution in [0, 0.1) is 0 Å². The highest BCUT2D eigenvalue weighted by Gasteiger charge is 2.23. The SMILES string of the molecule is CCCC(SC1CCCCC1)C(=O)O. The normalized spacial score (nSPS) is 20.6. The summed E-state index contributed by atoms with van der Waals surface area (Å²) in [7, 11) is 0. The first-order valence-electron chi connectivity index (χ1n) is 5.62. The third-order valence-electron chi connectivity index (χ3n) is 2.74. The van der Waals surface area contributed by atoms with Gasteiger partial charge in [-0.1, -0.05) is 32.6 Å². The first-order valence-corrected chi connectivity index (χ1v) is 6.56. The number of carboxylic acid groups (broad SMARTS) is 1. The highest BCUT2D eigenvalue weighted by Crippen LogP contribution is 2.32. The summed E-state index contributed by atoms with van der Waals surface area (Å²) >= 11 is 1.70. The van der Waals surface area contributed by atoms with Gasteiger partial charge in [-0.25, -0.2) is 0 Å². The Balaban J connectivity index is 2.33. The van der Waals surface area contributed by atoms with Gasteiger partial charge in [0.15, 0.2) is 0 Å². The number of carboxylic acids is 1. The molecule has 1 atom stereocenters. The second kappa shape index (κ2) is 6.33. The maximum atomic E-state index is 10.9. The van der Waals surface area contributed by atoms with Crippen LogP contribution in [0.15, 0.2) is 0 Å². The standard InChI is InChI=1S/C11H20O2S/c1-2-6-10(11(12)13)14-9-7-4-3-5-8-9/h9-10H,2-8H2,1H3,(H,12,13). The van der Waals surface area contributed by atoms with Crippen LogP contribution in [0.4, 0.5) is 0 Å². The second-order valence-corrected chi connectivity index (χ2v) is 5.52. The molecule has 82 valence electrons. The van der Waals surface area contributed by atoms with Gasteiger partial charge in [-0.3, -0.25) is 4.79 Å². The van der Waals surface area contributed by atoms with E-state index in [2.05, 4.69) is 6.92 Å². The molecular weight excluding hydrogens is 196 g/mol. The van der Waals surface area contributed by atoms with Gasteiger partial charge in [0.2, 0.25) is 0 Å². The number of hydrogen-bond acceptors (Lipinski definition) is 2. The van der Waals surface area contributed by atoms with Crippen LogP contribution in [-0.4, -0.2) is 21.6 Å². The summed E-state index contributed by atoms with van der Waals surface area (Å²) in [5.41, 5.74) is 0. The summed E-state index contributed by atoms with van der Waals surface area (Å²) in [6.07, 6.45) is 8.14. The minimum atomic E-state index is -0.623. The van der Waals surface area contributed by atoms with E-state index in [4.69, 9.17) is 5.11 Å². The van der Waals surface area contributed by atoms with Gasteiger partial charge in [-0.2, -0.15) is 0 Å². The van der Waals surface area contributed by atoms with E-state index in [1.807, 2.05) is 0 Å². The van der Waals surface area contributed by atoms with Crippen molar-refractivity contribution < 1.29 is 9.90 Å². The Morgan fingerprint density at radius 2 is 2.07 bits per heavy atom. The average Bonchev–Trinajstić information content (AvgIpc) is 2.18. The van der Waals surface area contributed by atoms with Crippen LogP contribution in [0.3, 0.4) is 0 Å². The van der Waals surface area contributed by atoms with Crippen LogP contribution in [0.2, 0.25) is 0 Å². The Bertz CT molecular complexity index is 176. The van der Waals surface area contributed by atoms with E-state index in [1.165, 1.54) is 32.1 Å². The molecule has 0 bridgehead atoms. The Hall–Kier alpha value is -0.180. The Morgan fingerprint density at radius 3 is 2.57 bits per heavy atom. The Labute approximate surface area is 90.5 Å². The number of carbonyl (C=O) groups is 1. The van der Waals surface area contributed by atoms with E-state index < -0.39 is 5.97 Å². The predicted molar refractivity (Wildman–Crippen MR) is 60.8 cm³/mol. The Morgan fingerprint density at radius 1 is 1.43 bits per heavy atom. The lowest BCUT2D eigenvalue weighted by atomic mass is 10.0. The molecule has 0 aromatic heterocycles. The van der Waals surface area contributed by atoms with Gasteiger partial charge >= 0.3 is 5.97 Å². The van der Waals surface area contributed by atoms with E-state index in [-0.39, 0.29) is 5.25 Å². The summed E-state index contributed by atoms with van der Waals surface area (Å²) in [5.74, 6) is -0.623. The highest BCUT2D eigenvalue weighted by molar-refractivity contribution is 8.01. The van der Waals surface area contributed by atoms with Crippen molar-refractivity contribution in [1.82, 2.24) is 0 Å². The monoisotopic (exact) mass is 216 g/mol.